The molecule has 0 bridgehead atoms. The highest BCUT2D eigenvalue weighted by atomic mass is 16.5. The van der Waals surface area contributed by atoms with Gasteiger partial charge in [-0.3, -0.25) is 5.10 Å². The number of hydrogen-bond acceptors (Lipinski definition) is 5. The number of ether oxygens (including phenoxy) is 2. The third-order valence-corrected chi connectivity index (χ3v) is 6.31. The zero-order valence-corrected chi connectivity index (χ0v) is 16.6. The molecule has 29 heavy (non-hydrogen) atoms. The predicted octanol–water partition coefficient (Wildman–Crippen LogP) is 3.85. The zero-order valence-electron chi connectivity index (χ0n) is 16.6. The van der Waals surface area contributed by atoms with Gasteiger partial charge in [0.2, 0.25) is 0 Å². The minimum Gasteiger partial charge on any atom is -0.496 e. The molecule has 0 saturated carbocycles. The zero-order chi connectivity index (χ0) is 19.7. The van der Waals surface area contributed by atoms with Crippen LogP contribution in [0.4, 0.5) is 0 Å². The summed E-state index contributed by atoms with van der Waals surface area (Å²) in [7, 11) is 1.73. The molecule has 3 heterocycles. The molecule has 2 aromatic carbocycles. The van der Waals surface area contributed by atoms with E-state index in [1.807, 2.05) is 12.1 Å². The molecule has 3 atom stereocenters. The maximum absolute atomic E-state index is 6.59. The molecule has 6 heteroatoms. The van der Waals surface area contributed by atoms with Crippen molar-refractivity contribution in [3.63, 3.8) is 0 Å². The number of H-pyrrole nitrogens is 1. The van der Waals surface area contributed by atoms with E-state index in [9.17, 15) is 0 Å². The van der Waals surface area contributed by atoms with Crippen LogP contribution in [0.2, 0.25) is 0 Å². The number of benzene rings is 2. The molecule has 2 aliphatic heterocycles. The molecule has 2 saturated heterocycles. The first kappa shape index (κ1) is 18.3. The fourth-order valence-electron chi connectivity index (χ4n) is 4.95. The van der Waals surface area contributed by atoms with Gasteiger partial charge in [0, 0.05) is 17.0 Å². The Morgan fingerprint density at radius 2 is 2.07 bits per heavy atom. The van der Waals surface area contributed by atoms with Gasteiger partial charge in [0.05, 0.1) is 25.4 Å². The van der Waals surface area contributed by atoms with Crippen LogP contribution in [-0.2, 0) is 4.74 Å². The summed E-state index contributed by atoms with van der Waals surface area (Å²) in [4.78, 5) is 4.30. The Bertz CT molecular complexity index is 960. The van der Waals surface area contributed by atoms with E-state index < -0.39 is 0 Å². The lowest BCUT2D eigenvalue weighted by Crippen LogP contribution is -2.48. The first-order chi connectivity index (χ1) is 14.3. The monoisotopic (exact) mass is 390 g/mol. The van der Waals surface area contributed by atoms with E-state index in [1.165, 1.54) is 17.5 Å². The highest BCUT2D eigenvalue weighted by molar-refractivity contribution is 5.59. The molecular weight excluding hydrogens is 364 g/mol. The third-order valence-electron chi connectivity index (χ3n) is 6.31. The van der Waals surface area contributed by atoms with Gasteiger partial charge in [-0.2, -0.15) is 5.10 Å². The van der Waals surface area contributed by atoms with E-state index in [1.54, 1.807) is 7.11 Å². The summed E-state index contributed by atoms with van der Waals surface area (Å²) < 4.78 is 12.3. The molecule has 3 aromatic rings. The average Bonchev–Trinajstić information content (AvgIpc) is 3.45. The lowest BCUT2D eigenvalue weighted by molar-refractivity contribution is -0.0484. The topological polar surface area (TPSA) is 72.1 Å². The van der Waals surface area contributed by atoms with Crippen LogP contribution >= 0.6 is 0 Å². The Kier molecular flexibility index (Phi) is 4.81. The van der Waals surface area contributed by atoms with Gasteiger partial charge in [-0.15, -0.1) is 0 Å². The normalized spacial score (nSPS) is 26.7. The van der Waals surface area contributed by atoms with Crippen molar-refractivity contribution in [3.8, 4) is 17.1 Å². The highest BCUT2D eigenvalue weighted by Crippen LogP contribution is 2.49. The fraction of sp³-hybridized carbons (Fsp3) is 0.391. The first-order valence-electron chi connectivity index (χ1n) is 10.2. The van der Waals surface area contributed by atoms with E-state index in [2.05, 4.69) is 56.9 Å². The van der Waals surface area contributed by atoms with Crippen molar-refractivity contribution in [2.75, 3.05) is 20.3 Å². The second-order valence-electron chi connectivity index (χ2n) is 7.97. The third kappa shape index (κ3) is 3.32. The number of aromatic amines is 1. The molecule has 2 aliphatic rings. The van der Waals surface area contributed by atoms with Gasteiger partial charge in [-0.25, -0.2) is 4.98 Å². The van der Waals surface area contributed by atoms with Gasteiger partial charge in [-0.1, -0.05) is 30.3 Å². The number of nitrogens with one attached hydrogen (secondary N) is 2. The van der Waals surface area contributed by atoms with Gasteiger partial charge in [0.1, 0.15) is 12.1 Å². The second-order valence-corrected chi connectivity index (χ2v) is 7.97. The lowest BCUT2D eigenvalue weighted by Gasteiger charge is -2.41. The summed E-state index contributed by atoms with van der Waals surface area (Å²) in [5, 5.41) is 10.7. The smallest absolute Gasteiger partial charge is 0.155 e. The Labute approximate surface area is 170 Å². The maximum atomic E-state index is 6.59. The summed E-state index contributed by atoms with van der Waals surface area (Å²) in [6.45, 7) is 1.72. The predicted molar refractivity (Wildman–Crippen MR) is 111 cm³/mol. The summed E-state index contributed by atoms with van der Waals surface area (Å²) in [5.41, 5.74) is 3.31. The van der Waals surface area contributed by atoms with Crippen LogP contribution in [0.3, 0.4) is 0 Å². The van der Waals surface area contributed by atoms with Crippen molar-refractivity contribution >= 4 is 0 Å². The standard InChI is InChI=1S/C23H26N4O2/c1-28-20-9-8-17(22-25-15-26-27-22)12-19(20)18-13-23(29-14-18)10-5-11-24-21(23)16-6-3-2-4-7-16/h2-4,6-9,12,15,18,21,24H,5,10-11,13-14H2,1H3,(H,25,26,27)/t18-,21+,23-/m1/s1. The van der Waals surface area contributed by atoms with E-state index in [-0.39, 0.29) is 17.6 Å². The van der Waals surface area contributed by atoms with Gasteiger partial charge in [-0.05, 0) is 49.6 Å². The number of methoxy groups -OCH3 is 1. The number of rotatable bonds is 4. The van der Waals surface area contributed by atoms with Crippen molar-refractivity contribution in [2.45, 2.75) is 36.8 Å². The second kappa shape index (κ2) is 7.61. The van der Waals surface area contributed by atoms with Gasteiger partial charge < -0.3 is 14.8 Å². The van der Waals surface area contributed by atoms with Crippen LogP contribution in [-0.4, -0.2) is 41.0 Å². The van der Waals surface area contributed by atoms with Crippen molar-refractivity contribution in [1.29, 1.82) is 0 Å². The van der Waals surface area contributed by atoms with Crippen LogP contribution in [0.1, 0.15) is 42.3 Å². The number of aromatic nitrogens is 3. The fourth-order valence-corrected chi connectivity index (χ4v) is 4.95. The molecule has 1 spiro atoms. The van der Waals surface area contributed by atoms with E-state index in [4.69, 9.17) is 9.47 Å². The van der Waals surface area contributed by atoms with Crippen molar-refractivity contribution in [1.82, 2.24) is 20.5 Å². The van der Waals surface area contributed by atoms with E-state index in [0.717, 1.165) is 42.9 Å². The summed E-state index contributed by atoms with van der Waals surface area (Å²) >= 11 is 0. The summed E-state index contributed by atoms with van der Waals surface area (Å²) in [5.74, 6) is 1.95. The molecular formula is C23H26N4O2. The lowest BCUT2D eigenvalue weighted by atomic mass is 9.76. The molecule has 2 N–H and O–H groups in total. The Balaban J connectivity index is 1.47. The molecule has 2 fully saturated rings. The van der Waals surface area contributed by atoms with Crippen LogP contribution in [0.15, 0.2) is 54.9 Å². The SMILES string of the molecule is COc1ccc(-c2ncn[nH]2)cc1[C@H]1CO[C@]2(CCCN[C@H]2c2ccccc2)C1. The van der Waals surface area contributed by atoms with Crippen LogP contribution in [0.5, 0.6) is 5.75 Å². The first-order valence-corrected chi connectivity index (χ1v) is 10.2. The molecule has 0 aliphatic carbocycles. The minimum atomic E-state index is -0.183. The molecule has 150 valence electrons. The quantitative estimate of drug-likeness (QED) is 0.708. The Morgan fingerprint density at radius 3 is 2.86 bits per heavy atom. The number of hydrogen-bond donors (Lipinski definition) is 2. The number of piperidine rings is 1. The molecule has 0 amide bonds. The van der Waals surface area contributed by atoms with Crippen molar-refractivity contribution < 1.29 is 9.47 Å². The average molecular weight is 390 g/mol. The van der Waals surface area contributed by atoms with Crippen LogP contribution < -0.4 is 10.1 Å². The van der Waals surface area contributed by atoms with E-state index in [0.29, 0.717) is 6.61 Å². The number of nitrogens with zero attached hydrogens (tertiary/aromatic N) is 2. The molecule has 5 rings (SSSR count). The maximum Gasteiger partial charge on any atom is 0.155 e. The van der Waals surface area contributed by atoms with Crippen molar-refractivity contribution in [2.24, 2.45) is 0 Å². The van der Waals surface area contributed by atoms with Gasteiger partial charge >= 0.3 is 0 Å². The molecule has 6 nitrogen and oxygen atoms in total. The highest BCUT2D eigenvalue weighted by Gasteiger charge is 2.49. The summed E-state index contributed by atoms with van der Waals surface area (Å²) in [6.07, 6.45) is 4.70. The molecule has 0 radical (unpaired) electrons. The summed E-state index contributed by atoms with van der Waals surface area (Å²) in [6, 6.07) is 17.1. The largest absolute Gasteiger partial charge is 0.496 e. The van der Waals surface area contributed by atoms with Crippen LogP contribution in [0, 0.1) is 0 Å². The Morgan fingerprint density at radius 1 is 1.17 bits per heavy atom. The van der Waals surface area contributed by atoms with E-state index >= 15 is 0 Å². The van der Waals surface area contributed by atoms with Gasteiger partial charge in [0.25, 0.3) is 0 Å². The van der Waals surface area contributed by atoms with Crippen molar-refractivity contribution in [3.05, 3.63) is 66.0 Å². The molecule has 0 unspecified atom stereocenters. The molecule has 1 aromatic heterocycles. The van der Waals surface area contributed by atoms with Crippen LogP contribution in [0.25, 0.3) is 11.4 Å². The van der Waals surface area contributed by atoms with Gasteiger partial charge in [0.15, 0.2) is 5.82 Å². The Hall–Kier alpha value is -2.70. The minimum absolute atomic E-state index is 0.183.